The highest BCUT2D eigenvalue weighted by Crippen LogP contribution is 2.24. The van der Waals surface area contributed by atoms with Crippen molar-refractivity contribution in [3.63, 3.8) is 0 Å². The van der Waals surface area contributed by atoms with Crippen molar-refractivity contribution < 1.29 is 9.53 Å². The van der Waals surface area contributed by atoms with E-state index in [-0.39, 0.29) is 11.4 Å². The van der Waals surface area contributed by atoms with Gasteiger partial charge in [-0.2, -0.15) is 0 Å². The summed E-state index contributed by atoms with van der Waals surface area (Å²) >= 11 is 0. The van der Waals surface area contributed by atoms with Crippen molar-refractivity contribution in [2.24, 2.45) is 11.1 Å². The maximum absolute atomic E-state index is 11.4. The van der Waals surface area contributed by atoms with Gasteiger partial charge in [-0.25, -0.2) is 0 Å². The second-order valence-corrected chi connectivity index (χ2v) is 3.85. The van der Waals surface area contributed by atoms with Crippen LogP contribution in [-0.4, -0.2) is 19.1 Å². The first kappa shape index (κ1) is 12.4. The third kappa shape index (κ3) is 4.88. The number of ether oxygens (including phenoxy) is 1. The number of carbonyl (C=O) groups excluding carboxylic acids is 1. The number of hydrogen-bond donors (Lipinski definition) is 1. The van der Waals surface area contributed by atoms with Crippen molar-refractivity contribution in [2.45, 2.75) is 40.0 Å². The second-order valence-electron chi connectivity index (χ2n) is 3.85. The van der Waals surface area contributed by atoms with E-state index in [0.29, 0.717) is 13.2 Å². The van der Waals surface area contributed by atoms with Crippen LogP contribution in [0.3, 0.4) is 0 Å². The van der Waals surface area contributed by atoms with Gasteiger partial charge in [0.15, 0.2) is 0 Å². The molecule has 0 amide bonds. The Kier molecular flexibility index (Phi) is 5.71. The Balaban J connectivity index is 3.83. The molecule has 0 saturated carbocycles. The molecule has 0 radical (unpaired) electrons. The Morgan fingerprint density at radius 2 is 2.00 bits per heavy atom. The van der Waals surface area contributed by atoms with E-state index in [1.807, 2.05) is 20.8 Å². The molecule has 3 nitrogen and oxygen atoms in total. The SMILES string of the molecule is CCOC(=O)C(C)(C)CCCCN. The molecular weight excluding hydrogens is 166 g/mol. The third-order valence-corrected chi connectivity index (χ3v) is 2.08. The van der Waals surface area contributed by atoms with E-state index in [2.05, 4.69) is 0 Å². The van der Waals surface area contributed by atoms with Gasteiger partial charge in [0.25, 0.3) is 0 Å². The molecule has 0 aromatic heterocycles. The molecule has 0 saturated heterocycles. The summed E-state index contributed by atoms with van der Waals surface area (Å²) in [6.45, 7) is 6.81. The summed E-state index contributed by atoms with van der Waals surface area (Å²) < 4.78 is 4.97. The van der Waals surface area contributed by atoms with E-state index < -0.39 is 0 Å². The summed E-state index contributed by atoms with van der Waals surface area (Å²) in [6.07, 6.45) is 2.81. The van der Waals surface area contributed by atoms with E-state index in [0.717, 1.165) is 19.3 Å². The van der Waals surface area contributed by atoms with Gasteiger partial charge in [0.2, 0.25) is 0 Å². The van der Waals surface area contributed by atoms with Gasteiger partial charge in [-0.05, 0) is 40.2 Å². The Labute approximate surface area is 80.6 Å². The van der Waals surface area contributed by atoms with Crippen LogP contribution in [0.5, 0.6) is 0 Å². The zero-order valence-electron chi connectivity index (χ0n) is 8.93. The predicted octanol–water partition coefficient (Wildman–Crippen LogP) is 1.70. The lowest BCUT2D eigenvalue weighted by Crippen LogP contribution is -2.26. The summed E-state index contributed by atoms with van der Waals surface area (Å²) in [5, 5.41) is 0. The molecular formula is C10H21NO2. The van der Waals surface area contributed by atoms with Crippen LogP contribution in [-0.2, 0) is 9.53 Å². The molecule has 0 aromatic carbocycles. The first-order valence-corrected chi connectivity index (χ1v) is 4.92. The highest BCUT2D eigenvalue weighted by molar-refractivity contribution is 5.75. The van der Waals surface area contributed by atoms with Crippen LogP contribution in [0.2, 0.25) is 0 Å². The summed E-state index contributed by atoms with van der Waals surface area (Å²) in [5.74, 6) is -0.105. The van der Waals surface area contributed by atoms with Gasteiger partial charge in [0, 0.05) is 0 Å². The minimum absolute atomic E-state index is 0.105. The largest absolute Gasteiger partial charge is 0.466 e. The van der Waals surface area contributed by atoms with Crippen LogP contribution in [0.4, 0.5) is 0 Å². The molecule has 0 aliphatic carbocycles. The first-order valence-electron chi connectivity index (χ1n) is 4.92. The van der Waals surface area contributed by atoms with Crippen molar-refractivity contribution in [3.8, 4) is 0 Å². The molecule has 0 aliphatic heterocycles. The normalized spacial score (nSPS) is 11.4. The highest BCUT2D eigenvalue weighted by atomic mass is 16.5. The van der Waals surface area contributed by atoms with E-state index in [1.165, 1.54) is 0 Å². The van der Waals surface area contributed by atoms with Crippen molar-refractivity contribution in [1.29, 1.82) is 0 Å². The quantitative estimate of drug-likeness (QED) is 0.508. The Morgan fingerprint density at radius 3 is 2.46 bits per heavy atom. The van der Waals surface area contributed by atoms with Crippen LogP contribution in [0, 0.1) is 5.41 Å². The molecule has 0 rings (SSSR count). The zero-order valence-corrected chi connectivity index (χ0v) is 8.93. The highest BCUT2D eigenvalue weighted by Gasteiger charge is 2.28. The Morgan fingerprint density at radius 1 is 1.38 bits per heavy atom. The smallest absolute Gasteiger partial charge is 0.311 e. The second kappa shape index (κ2) is 5.97. The lowest BCUT2D eigenvalue weighted by molar-refractivity contribution is -0.153. The predicted molar refractivity (Wildman–Crippen MR) is 53.3 cm³/mol. The summed E-state index contributed by atoms with van der Waals surface area (Å²) in [5.41, 5.74) is 5.02. The minimum atomic E-state index is -0.356. The van der Waals surface area contributed by atoms with Crippen LogP contribution in [0.15, 0.2) is 0 Å². The van der Waals surface area contributed by atoms with Gasteiger partial charge in [-0.15, -0.1) is 0 Å². The number of hydrogen-bond acceptors (Lipinski definition) is 3. The summed E-state index contributed by atoms with van der Waals surface area (Å²) in [4.78, 5) is 11.4. The average molecular weight is 187 g/mol. The molecule has 0 heterocycles. The number of carbonyl (C=O) groups is 1. The Hall–Kier alpha value is -0.570. The van der Waals surface area contributed by atoms with Gasteiger partial charge in [-0.3, -0.25) is 4.79 Å². The number of esters is 1. The molecule has 0 spiro atoms. The fourth-order valence-electron chi connectivity index (χ4n) is 1.14. The van der Waals surface area contributed by atoms with Crippen molar-refractivity contribution >= 4 is 5.97 Å². The first-order chi connectivity index (χ1) is 6.04. The molecule has 0 bridgehead atoms. The maximum atomic E-state index is 11.4. The van der Waals surface area contributed by atoms with Gasteiger partial charge in [-0.1, -0.05) is 6.42 Å². The fourth-order valence-corrected chi connectivity index (χ4v) is 1.14. The van der Waals surface area contributed by atoms with E-state index in [1.54, 1.807) is 0 Å². The van der Waals surface area contributed by atoms with E-state index in [4.69, 9.17) is 10.5 Å². The standard InChI is InChI=1S/C10H21NO2/c1-4-13-9(12)10(2,3)7-5-6-8-11/h4-8,11H2,1-3H3. The third-order valence-electron chi connectivity index (χ3n) is 2.08. The van der Waals surface area contributed by atoms with Crippen LogP contribution in [0.25, 0.3) is 0 Å². The van der Waals surface area contributed by atoms with Crippen LogP contribution < -0.4 is 5.73 Å². The lowest BCUT2D eigenvalue weighted by Gasteiger charge is -2.21. The average Bonchev–Trinajstić information content (AvgIpc) is 2.05. The monoisotopic (exact) mass is 187 g/mol. The maximum Gasteiger partial charge on any atom is 0.311 e. The van der Waals surface area contributed by atoms with Crippen molar-refractivity contribution in [1.82, 2.24) is 0 Å². The summed E-state index contributed by atoms with van der Waals surface area (Å²) in [6, 6.07) is 0. The number of rotatable bonds is 6. The molecule has 0 aliphatic rings. The van der Waals surface area contributed by atoms with Gasteiger partial charge >= 0.3 is 5.97 Å². The summed E-state index contributed by atoms with van der Waals surface area (Å²) in [7, 11) is 0. The van der Waals surface area contributed by atoms with Gasteiger partial charge in [0.1, 0.15) is 0 Å². The molecule has 13 heavy (non-hydrogen) atoms. The zero-order chi connectivity index (χ0) is 10.3. The molecule has 0 fully saturated rings. The number of nitrogens with two attached hydrogens (primary N) is 1. The topological polar surface area (TPSA) is 52.3 Å². The van der Waals surface area contributed by atoms with Crippen molar-refractivity contribution in [3.05, 3.63) is 0 Å². The minimum Gasteiger partial charge on any atom is -0.466 e. The van der Waals surface area contributed by atoms with E-state index in [9.17, 15) is 4.79 Å². The fraction of sp³-hybridized carbons (Fsp3) is 0.900. The lowest BCUT2D eigenvalue weighted by atomic mass is 9.87. The molecule has 0 aromatic rings. The molecule has 78 valence electrons. The molecule has 2 N–H and O–H groups in total. The van der Waals surface area contributed by atoms with Crippen LogP contribution >= 0.6 is 0 Å². The van der Waals surface area contributed by atoms with Crippen LogP contribution in [0.1, 0.15) is 40.0 Å². The molecule has 3 heteroatoms. The van der Waals surface area contributed by atoms with Crippen molar-refractivity contribution in [2.75, 3.05) is 13.2 Å². The number of unbranched alkanes of at least 4 members (excludes halogenated alkanes) is 1. The van der Waals surface area contributed by atoms with Gasteiger partial charge in [0.05, 0.1) is 12.0 Å². The van der Waals surface area contributed by atoms with Gasteiger partial charge < -0.3 is 10.5 Å². The van der Waals surface area contributed by atoms with E-state index >= 15 is 0 Å². The Bertz CT molecular complexity index is 155. The molecule has 0 unspecified atom stereocenters. The molecule has 0 atom stereocenters.